The molecule has 0 bridgehead atoms. The molecule has 0 radical (unpaired) electrons. The number of rotatable bonds is 3. The molecule has 6 heteroatoms. The van der Waals surface area contributed by atoms with Crippen molar-refractivity contribution in [2.45, 2.75) is 0 Å². The van der Waals surface area contributed by atoms with Crippen molar-refractivity contribution in [3.63, 3.8) is 0 Å². The van der Waals surface area contributed by atoms with Crippen LogP contribution in [0, 0.1) is 10.1 Å². The SMILES string of the molecule is O=CC=Cc1ncc([N+](=O)[O-])[nH]1. The van der Waals surface area contributed by atoms with Crippen LogP contribution in [0.3, 0.4) is 0 Å². The molecule has 1 heterocycles. The third-order valence-corrected chi connectivity index (χ3v) is 1.11. The number of H-pyrrole nitrogens is 1. The molecule has 0 amide bonds. The van der Waals surface area contributed by atoms with Crippen LogP contribution >= 0.6 is 0 Å². The monoisotopic (exact) mass is 167 g/mol. The van der Waals surface area contributed by atoms with Gasteiger partial charge >= 0.3 is 5.82 Å². The first-order valence-electron chi connectivity index (χ1n) is 3.05. The number of hydrogen-bond acceptors (Lipinski definition) is 4. The van der Waals surface area contributed by atoms with Crippen molar-refractivity contribution in [2.24, 2.45) is 0 Å². The van der Waals surface area contributed by atoms with Gasteiger partial charge in [-0.2, -0.15) is 0 Å². The highest BCUT2D eigenvalue weighted by atomic mass is 16.6. The van der Waals surface area contributed by atoms with Crippen LogP contribution in [0.1, 0.15) is 5.82 Å². The minimum Gasteiger partial charge on any atom is -0.358 e. The van der Waals surface area contributed by atoms with Crippen LogP contribution < -0.4 is 0 Å². The van der Waals surface area contributed by atoms with Gasteiger partial charge in [0.25, 0.3) is 0 Å². The highest BCUT2D eigenvalue weighted by Gasteiger charge is 2.06. The lowest BCUT2D eigenvalue weighted by molar-refractivity contribution is -0.389. The summed E-state index contributed by atoms with van der Waals surface area (Å²) in [6.07, 6.45) is 4.20. The molecule has 1 aromatic heterocycles. The number of carbonyl (C=O) groups is 1. The van der Waals surface area contributed by atoms with E-state index in [0.717, 1.165) is 6.20 Å². The van der Waals surface area contributed by atoms with E-state index in [1.807, 2.05) is 0 Å². The van der Waals surface area contributed by atoms with Crippen LogP contribution in [0.25, 0.3) is 6.08 Å². The van der Waals surface area contributed by atoms with Crippen molar-refractivity contribution in [3.05, 3.63) is 28.2 Å². The molecule has 0 unspecified atom stereocenters. The maximum Gasteiger partial charge on any atom is 0.340 e. The van der Waals surface area contributed by atoms with Gasteiger partial charge in [-0.1, -0.05) is 0 Å². The van der Waals surface area contributed by atoms with E-state index in [0.29, 0.717) is 6.29 Å². The number of allylic oxidation sites excluding steroid dienone is 1. The second-order valence-corrected chi connectivity index (χ2v) is 1.91. The lowest BCUT2D eigenvalue weighted by Gasteiger charge is -1.84. The molecule has 0 atom stereocenters. The van der Waals surface area contributed by atoms with E-state index in [1.165, 1.54) is 12.2 Å². The number of aldehydes is 1. The number of nitrogens with zero attached hydrogens (tertiary/aromatic N) is 2. The van der Waals surface area contributed by atoms with Crippen LogP contribution in [-0.4, -0.2) is 21.2 Å². The Morgan fingerprint density at radius 3 is 2.92 bits per heavy atom. The molecule has 0 aliphatic rings. The van der Waals surface area contributed by atoms with Gasteiger partial charge in [-0.15, -0.1) is 0 Å². The van der Waals surface area contributed by atoms with Gasteiger partial charge in [-0.3, -0.25) is 4.79 Å². The van der Waals surface area contributed by atoms with Gasteiger partial charge in [-0.25, -0.2) is 9.97 Å². The fourth-order valence-electron chi connectivity index (χ4n) is 0.634. The molecule has 0 fully saturated rings. The van der Waals surface area contributed by atoms with Crippen molar-refractivity contribution in [1.82, 2.24) is 9.97 Å². The van der Waals surface area contributed by atoms with Crippen LogP contribution in [0.5, 0.6) is 0 Å². The van der Waals surface area contributed by atoms with E-state index in [1.54, 1.807) is 0 Å². The third-order valence-electron chi connectivity index (χ3n) is 1.11. The summed E-state index contributed by atoms with van der Waals surface area (Å²) in [4.78, 5) is 25.4. The molecule has 1 rings (SSSR count). The summed E-state index contributed by atoms with van der Waals surface area (Å²) in [5, 5.41) is 10.1. The first-order valence-corrected chi connectivity index (χ1v) is 3.05. The van der Waals surface area contributed by atoms with E-state index in [2.05, 4.69) is 9.97 Å². The summed E-state index contributed by atoms with van der Waals surface area (Å²) in [5.74, 6) is 0.0920. The number of nitro groups is 1. The Labute approximate surface area is 67.1 Å². The average molecular weight is 167 g/mol. The second-order valence-electron chi connectivity index (χ2n) is 1.91. The highest BCUT2D eigenvalue weighted by Crippen LogP contribution is 2.06. The zero-order chi connectivity index (χ0) is 8.97. The topological polar surface area (TPSA) is 88.9 Å². The Kier molecular flexibility index (Phi) is 2.32. The van der Waals surface area contributed by atoms with Crippen LogP contribution in [0.2, 0.25) is 0 Å². The summed E-state index contributed by atoms with van der Waals surface area (Å²) in [7, 11) is 0. The van der Waals surface area contributed by atoms with E-state index < -0.39 is 4.92 Å². The van der Waals surface area contributed by atoms with Gasteiger partial charge in [0.1, 0.15) is 12.5 Å². The van der Waals surface area contributed by atoms with E-state index in [9.17, 15) is 14.9 Å². The molecule has 0 aliphatic heterocycles. The number of imidazole rings is 1. The van der Waals surface area contributed by atoms with Gasteiger partial charge < -0.3 is 10.1 Å². The largest absolute Gasteiger partial charge is 0.358 e. The van der Waals surface area contributed by atoms with E-state index >= 15 is 0 Å². The molecule has 1 aromatic rings. The number of carbonyl (C=O) groups excluding carboxylic acids is 1. The molecule has 0 spiro atoms. The first kappa shape index (κ1) is 8.12. The van der Waals surface area contributed by atoms with Crippen molar-refractivity contribution >= 4 is 18.2 Å². The Morgan fingerprint density at radius 1 is 1.67 bits per heavy atom. The molecule has 0 saturated heterocycles. The fraction of sp³-hybridized carbons (Fsp3) is 0. The van der Waals surface area contributed by atoms with Crippen molar-refractivity contribution in [1.29, 1.82) is 0 Å². The summed E-state index contributed by atoms with van der Waals surface area (Å²) in [5.41, 5.74) is 0. The standard InChI is InChI=1S/C6H5N3O3/c10-3-1-2-5-7-4-6(8-5)9(11)12/h1-4H,(H,7,8). The van der Waals surface area contributed by atoms with Crippen LogP contribution in [-0.2, 0) is 4.79 Å². The Bertz CT molecular complexity index is 329. The number of aromatic amines is 1. The van der Waals surface area contributed by atoms with Gasteiger partial charge in [0.2, 0.25) is 5.82 Å². The summed E-state index contributed by atoms with van der Waals surface area (Å²) in [6.45, 7) is 0. The zero-order valence-electron chi connectivity index (χ0n) is 5.93. The van der Waals surface area contributed by atoms with Gasteiger partial charge in [0.05, 0.1) is 0 Å². The van der Waals surface area contributed by atoms with Crippen molar-refractivity contribution < 1.29 is 9.72 Å². The molecule has 0 aliphatic carbocycles. The lowest BCUT2D eigenvalue weighted by Crippen LogP contribution is -1.86. The van der Waals surface area contributed by atoms with Gasteiger partial charge in [0.15, 0.2) is 0 Å². The number of hydrogen-bond donors (Lipinski definition) is 1. The normalized spacial score (nSPS) is 10.3. The van der Waals surface area contributed by atoms with E-state index in [-0.39, 0.29) is 11.6 Å². The Hall–Kier alpha value is -1.98. The third kappa shape index (κ3) is 1.75. The Balaban J connectivity index is 2.84. The highest BCUT2D eigenvalue weighted by molar-refractivity contribution is 5.72. The molecule has 6 nitrogen and oxygen atoms in total. The maximum atomic E-state index is 10.1. The number of nitrogens with one attached hydrogen (secondary N) is 1. The lowest BCUT2D eigenvalue weighted by atomic mass is 10.5. The molecule has 0 saturated carbocycles. The van der Waals surface area contributed by atoms with Gasteiger partial charge in [0, 0.05) is 6.08 Å². The van der Waals surface area contributed by atoms with E-state index in [4.69, 9.17) is 0 Å². The summed E-state index contributed by atoms with van der Waals surface area (Å²) < 4.78 is 0. The first-order chi connectivity index (χ1) is 5.74. The predicted octanol–water partition coefficient (Wildman–Crippen LogP) is 0.530. The minimum absolute atomic E-state index is 0.194. The quantitative estimate of drug-likeness (QED) is 0.307. The molecule has 0 aromatic carbocycles. The molecular formula is C6H5N3O3. The fourth-order valence-corrected chi connectivity index (χ4v) is 0.634. The zero-order valence-corrected chi connectivity index (χ0v) is 5.93. The molecular weight excluding hydrogens is 162 g/mol. The summed E-state index contributed by atoms with van der Waals surface area (Å²) in [6, 6.07) is 0. The molecule has 12 heavy (non-hydrogen) atoms. The molecule has 62 valence electrons. The molecule has 1 N–H and O–H groups in total. The van der Waals surface area contributed by atoms with Crippen LogP contribution in [0.15, 0.2) is 12.3 Å². The Morgan fingerprint density at radius 2 is 2.42 bits per heavy atom. The number of aromatic nitrogens is 2. The average Bonchev–Trinajstić information content (AvgIpc) is 2.48. The van der Waals surface area contributed by atoms with Gasteiger partial charge in [-0.05, 0) is 11.0 Å². The maximum absolute atomic E-state index is 10.1. The second kappa shape index (κ2) is 3.42. The predicted molar refractivity (Wildman–Crippen MR) is 40.3 cm³/mol. The van der Waals surface area contributed by atoms with Crippen molar-refractivity contribution in [2.75, 3.05) is 0 Å². The minimum atomic E-state index is -0.592. The van der Waals surface area contributed by atoms with Crippen molar-refractivity contribution in [3.8, 4) is 0 Å². The smallest absolute Gasteiger partial charge is 0.340 e. The van der Waals surface area contributed by atoms with Crippen LogP contribution in [0.4, 0.5) is 5.82 Å². The summed E-state index contributed by atoms with van der Waals surface area (Å²) >= 11 is 0.